The van der Waals surface area contributed by atoms with E-state index >= 15 is 0 Å². The van der Waals surface area contributed by atoms with Crippen LogP contribution in [0.4, 0.5) is 17.3 Å². The Bertz CT molecular complexity index is 2260. The van der Waals surface area contributed by atoms with Crippen molar-refractivity contribution in [1.29, 1.82) is 0 Å². The summed E-state index contributed by atoms with van der Waals surface area (Å²) >= 11 is 0. The van der Waals surface area contributed by atoms with Crippen molar-refractivity contribution in [3.05, 3.63) is 176 Å². The summed E-state index contributed by atoms with van der Waals surface area (Å²) in [5, 5.41) is 3.31. The van der Waals surface area contributed by atoms with Crippen molar-refractivity contribution in [1.82, 2.24) is 9.97 Å². The molecule has 0 aliphatic rings. The van der Waals surface area contributed by atoms with Crippen molar-refractivity contribution in [3.8, 4) is 33.5 Å². The monoisotopic (exact) mass is 575 g/mol. The molecular formula is C42H29N3. The Morgan fingerprint density at radius 1 is 0.378 bits per heavy atom. The second-order valence-corrected chi connectivity index (χ2v) is 11.1. The number of rotatable bonds is 6. The molecule has 0 atom stereocenters. The summed E-state index contributed by atoms with van der Waals surface area (Å²) in [5.41, 5.74) is 9.43. The van der Waals surface area contributed by atoms with Crippen LogP contribution >= 0.6 is 0 Å². The normalized spacial score (nSPS) is 11.1. The lowest BCUT2D eigenvalue weighted by molar-refractivity contribution is 1.12. The second-order valence-electron chi connectivity index (χ2n) is 11.1. The van der Waals surface area contributed by atoms with E-state index in [0.29, 0.717) is 5.95 Å². The Morgan fingerprint density at radius 3 is 1.73 bits per heavy atom. The van der Waals surface area contributed by atoms with Crippen molar-refractivity contribution in [2.75, 3.05) is 4.90 Å². The van der Waals surface area contributed by atoms with Gasteiger partial charge in [0.2, 0.25) is 5.95 Å². The summed E-state index contributed by atoms with van der Waals surface area (Å²) in [7, 11) is 0. The molecule has 0 amide bonds. The van der Waals surface area contributed by atoms with Gasteiger partial charge in [-0.05, 0) is 46.3 Å². The minimum absolute atomic E-state index is 0.619. The van der Waals surface area contributed by atoms with E-state index in [-0.39, 0.29) is 0 Å². The largest absolute Gasteiger partial charge is 0.278 e. The number of nitrogens with zero attached hydrogens (tertiary/aromatic N) is 3. The van der Waals surface area contributed by atoms with Gasteiger partial charge in [-0.2, -0.15) is 0 Å². The molecule has 8 rings (SSSR count). The number of hydrogen-bond donors (Lipinski definition) is 0. The highest BCUT2D eigenvalue weighted by atomic mass is 15.3. The minimum atomic E-state index is 0.619. The molecule has 0 aliphatic carbocycles. The number of anilines is 3. The number of hydrogen-bond acceptors (Lipinski definition) is 3. The Morgan fingerprint density at radius 2 is 0.978 bits per heavy atom. The molecule has 0 spiro atoms. The summed E-state index contributed by atoms with van der Waals surface area (Å²) in [4.78, 5) is 12.8. The van der Waals surface area contributed by atoms with Crippen LogP contribution in [0.15, 0.2) is 176 Å². The minimum Gasteiger partial charge on any atom is -0.278 e. The van der Waals surface area contributed by atoms with E-state index in [9.17, 15) is 0 Å². The zero-order valence-electron chi connectivity index (χ0n) is 24.6. The quantitative estimate of drug-likeness (QED) is 0.197. The van der Waals surface area contributed by atoms with Gasteiger partial charge >= 0.3 is 0 Å². The topological polar surface area (TPSA) is 29.0 Å². The Labute approximate surface area is 262 Å². The van der Waals surface area contributed by atoms with Gasteiger partial charge in [0.1, 0.15) is 0 Å². The lowest BCUT2D eigenvalue weighted by atomic mass is 9.96. The summed E-state index contributed by atoms with van der Waals surface area (Å²) in [5.74, 6) is 0.619. The molecule has 8 aromatic rings. The summed E-state index contributed by atoms with van der Waals surface area (Å²) in [6, 6.07) is 61.5. The van der Waals surface area contributed by atoms with Crippen LogP contribution in [0.25, 0.3) is 55.2 Å². The van der Waals surface area contributed by atoms with Gasteiger partial charge in [0, 0.05) is 21.9 Å². The molecular weight excluding hydrogens is 546 g/mol. The number of benzene rings is 7. The van der Waals surface area contributed by atoms with E-state index in [1.807, 2.05) is 12.1 Å². The fourth-order valence-corrected chi connectivity index (χ4v) is 6.12. The van der Waals surface area contributed by atoms with Gasteiger partial charge in [-0.1, -0.05) is 152 Å². The van der Waals surface area contributed by atoms with Gasteiger partial charge in [-0.15, -0.1) is 0 Å². The SMILES string of the molecule is c1ccc(-c2ccc(N(c3nc(-c4ccccc4)c4ccccc4n3)c3cccc4ccccc34)c(-c3ccccc3)c2)cc1. The number of fused-ring (bicyclic) bond motifs is 2. The average Bonchev–Trinajstić information content (AvgIpc) is 3.13. The van der Waals surface area contributed by atoms with Crippen molar-refractivity contribution in [2.45, 2.75) is 0 Å². The molecule has 0 aliphatic heterocycles. The van der Waals surface area contributed by atoms with E-state index in [0.717, 1.165) is 61.0 Å². The van der Waals surface area contributed by atoms with Crippen LogP contribution in [0.3, 0.4) is 0 Å². The first-order chi connectivity index (χ1) is 22.3. The van der Waals surface area contributed by atoms with E-state index < -0.39 is 0 Å². The molecule has 7 aromatic carbocycles. The zero-order valence-corrected chi connectivity index (χ0v) is 24.6. The molecule has 0 fully saturated rings. The first-order valence-corrected chi connectivity index (χ1v) is 15.2. The van der Waals surface area contributed by atoms with Gasteiger partial charge in [0.15, 0.2) is 0 Å². The van der Waals surface area contributed by atoms with Crippen molar-refractivity contribution >= 4 is 39.0 Å². The number of para-hydroxylation sites is 1. The van der Waals surface area contributed by atoms with Gasteiger partial charge < -0.3 is 0 Å². The number of aromatic nitrogens is 2. The maximum Gasteiger partial charge on any atom is 0.235 e. The molecule has 0 bridgehead atoms. The average molecular weight is 576 g/mol. The summed E-state index contributed by atoms with van der Waals surface area (Å²) < 4.78 is 0. The molecule has 212 valence electrons. The van der Waals surface area contributed by atoms with Crippen molar-refractivity contribution in [3.63, 3.8) is 0 Å². The molecule has 1 aromatic heterocycles. The fourth-order valence-electron chi connectivity index (χ4n) is 6.12. The van der Waals surface area contributed by atoms with Gasteiger partial charge in [-0.25, -0.2) is 9.97 Å². The Kier molecular flexibility index (Phi) is 6.82. The van der Waals surface area contributed by atoms with Crippen LogP contribution < -0.4 is 4.90 Å². The standard InChI is InChI=1S/C42H29N3/c1-4-15-30(16-5-1)34-27-28-40(37(29-34)32-17-6-2-7-18-32)45(39-26-14-22-31-19-10-11-23-35(31)39)42-43-38-25-13-12-24-36(38)41(44-42)33-20-8-3-9-21-33/h1-29H. The van der Waals surface area contributed by atoms with Gasteiger partial charge in [-0.3, -0.25) is 4.90 Å². The van der Waals surface area contributed by atoms with Gasteiger partial charge in [0.05, 0.1) is 22.6 Å². The molecule has 0 saturated heterocycles. The maximum absolute atomic E-state index is 5.36. The highest BCUT2D eigenvalue weighted by Crippen LogP contribution is 2.44. The smallest absolute Gasteiger partial charge is 0.235 e. The maximum atomic E-state index is 5.36. The third-order valence-electron chi connectivity index (χ3n) is 8.28. The molecule has 45 heavy (non-hydrogen) atoms. The fraction of sp³-hybridized carbons (Fsp3) is 0. The molecule has 1 heterocycles. The highest BCUT2D eigenvalue weighted by Gasteiger charge is 2.23. The van der Waals surface area contributed by atoms with Crippen LogP contribution in [-0.4, -0.2) is 9.97 Å². The van der Waals surface area contributed by atoms with E-state index in [4.69, 9.17) is 9.97 Å². The van der Waals surface area contributed by atoms with E-state index in [1.54, 1.807) is 0 Å². The summed E-state index contributed by atoms with van der Waals surface area (Å²) in [6.45, 7) is 0. The first-order valence-electron chi connectivity index (χ1n) is 15.2. The Balaban J connectivity index is 1.45. The molecule has 0 saturated carbocycles. The van der Waals surface area contributed by atoms with Crippen LogP contribution in [-0.2, 0) is 0 Å². The van der Waals surface area contributed by atoms with Crippen molar-refractivity contribution < 1.29 is 0 Å². The van der Waals surface area contributed by atoms with Crippen molar-refractivity contribution in [2.24, 2.45) is 0 Å². The molecule has 0 radical (unpaired) electrons. The predicted octanol–water partition coefficient (Wildman–Crippen LogP) is 11.3. The second kappa shape index (κ2) is 11.6. The van der Waals surface area contributed by atoms with E-state index in [2.05, 4.69) is 169 Å². The lowest BCUT2D eigenvalue weighted by Gasteiger charge is -2.28. The van der Waals surface area contributed by atoms with Gasteiger partial charge in [0.25, 0.3) is 0 Å². The zero-order chi connectivity index (χ0) is 30.0. The van der Waals surface area contributed by atoms with Crippen LogP contribution in [0, 0.1) is 0 Å². The molecule has 0 N–H and O–H groups in total. The van der Waals surface area contributed by atoms with Crippen LogP contribution in [0.1, 0.15) is 0 Å². The summed E-state index contributed by atoms with van der Waals surface area (Å²) in [6.07, 6.45) is 0. The first kappa shape index (κ1) is 26.6. The molecule has 3 nitrogen and oxygen atoms in total. The predicted molar refractivity (Wildman–Crippen MR) is 188 cm³/mol. The lowest BCUT2D eigenvalue weighted by Crippen LogP contribution is -2.15. The molecule has 3 heteroatoms. The highest BCUT2D eigenvalue weighted by molar-refractivity contribution is 6.02. The van der Waals surface area contributed by atoms with E-state index in [1.165, 1.54) is 5.56 Å². The van der Waals surface area contributed by atoms with Crippen LogP contribution in [0.2, 0.25) is 0 Å². The third-order valence-corrected chi connectivity index (χ3v) is 8.28. The van der Waals surface area contributed by atoms with Crippen LogP contribution in [0.5, 0.6) is 0 Å². The Hall–Kier alpha value is -6.06. The third kappa shape index (κ3) is 5.01. The molecule has 0 unspecified atom stereocenters.